The molecule has 1 N–H and O–H groups in total. The van der Waals surface area contributed by atoms with Crippen molar-refractivity contribution in [2.45, 2.75) is 19.4 Å². The van der Waals surface area contributed by atoms with Crippen LogP contribution in [0.25, 0.3) is 0 Å². The van der Waals surface area contributed by atoms with Gasteiger partial charge in [-0.15, -0.1) is 0 Å². The van der Waals surface area contributed by atoms with E-state index in [-0.39, 0.29) is 24.2 Å². The van der Waals surface area contributed by atoms with Crippen LogP contribution in [0.5, 0.6) is 0 Å². The van der Waals surface area contributed by atoms with Crippen molar-refractivity contribution in [2.24, 2.45) is 5.92 Å². The van der Waals surface area contributed by atoms with Crippen molar-refractivity contribution in [2.75, 3.05) is 13.1 Å². The second kappa shape index (κ2) is 8.30. The normalized spacial score (nSPS) is 16.3. The van der Waals surface area contributed by atoms with Crippen molar-refractivity contribution in [1.29, 1.82) is 5.26 Å². The van der Waals surface area contributed by atoms with E-state index in [0.29, 0.717) is 25.2 Å². The molecule has 1 atom stereocenters. The van der Waals surface area contributed by atoms with Gasteiger partial charge < -0.3 is 10.2 Å². The summed E-state index contributed by atoms with van der Waals surface area (Å²) >= 11 is 0. The zero-order valence-electron chi connectivity index (χ0n) is 14.5. The van der Waals surface area contributed by atoms with Gasteiger partial charge in [0.25, 0.3) is 0 Å². The molecule has 1 aliphatic rings. The van der Waals surface area contributed by atoms with Crippen molar-refractivity contribution in [3.63, 3.8) is 0 Å². The molecule has 0 saturated carbocycles. The monoisotopic (exact) mass is 347 g/mol. The summed E-state index contributed by atoms with van der Waals surface area (Å²) in [6.45, 7) is 1.52. The van der Waals surface area contributed by atoms with E-state index >= 15 is 0 Å². The summed E-state index contributed by atoms with van der Waals surface area (Å²) in [5, 5.41) is 11.7. The average molecular weight is 347 g/mol. The minimum Gasteiger partial charge on any atom is -0.352 e. The maximum Gasteiger partial charge on any atom is 0.225 e. The molecule has 132 valence electrons. The number of carbonyl (C=O) groups is 2. The van der Waals surface area contributed by atoms with Crippen LogP contribution >= 0.6 is 0 Å². The molecule has 26 heavy (non-hydrogen) atoms. The molecule has 0 spiro atoms. The Bertz CT molecular complexity index is 809. The van der Waals surface area contributed by atoms with Gasteiger partial charge in [0.05, 0.1) is 17.6 Å². The maximum absolute atomic E-state index is 12.4. The lowest BCUT2D eigenvalue weighted by Crippen LogP contribution is -2.33. The number of nitrogens with one attached hydrogen (secondary N) is 1. The molecule has 0 radical (unpaired) electrons. The summed E-state index contributed by atoms with van der Waals surface area (Å²) < 4.78 is 0. The number of hydrogen-bond acceptors (Lipinski definition) is 3. The number of amides is 2. The lowest BCUT2D eigenvalue weighted by atomic mass is 10.1. The molecule has 1 unspecified atom stereocenters. The second-order valence-electron chi connectivity index (χ2n) is 6.50. The fraction of sp³-hybridized carbons (Fsp3) is 0.286. The molecular weight excluding hydrogens is 326 g/mol. The molecule has 1 saturated heterocycles. The highest BCUT2D eigenvalue weighted by atomic mass is 16.2. The highest BCUT2D eigenvalue weighted by Gasteiger charge is 2.33. The van der Waals surface area contributed by atoms with Crippen LogP contribution in [0.2, 0.25) is 0 Å². The highest BCUT2D eigenvalue weighted by Crippen LogP contribution is 2.18. The lowest BCUT2D eigenvalue weighted by Gasteiger charge is -2.16. The lowest BCUT2D eigenvalue weighted by molar-refractivity contribution is -0.129. The van der Waals surface area contributed by atoms with Gasteiger partial charge in [0.15, 0.2) is 0 Å². The van der Waals surface area contributed by atoms with Crippen molar-refractivity contribution in [3.8, 4) is 6.07 Å². The third-order valence-corrected chi connectivity index (χ3v) is 4.65. The zero-order valence-corrected chi connectivity index (χ0v) is 14.5. The summed E-state index contributed by atoms with van der Waals surface area (Å²) in [4.78, 5) is 26.3. The fourth-order valence-electron chi connectivity index (χ4n) is 3.10. The second-order valence-corrected chi connectivity index (χ2v) is 6.50. The predicted octanol–water partition coefficient (Wildman–Crippen LogP) is 2.27. The minimum atomic E-state index is -0.295. The Morgan fingerprint density at radius 1 is 1.12 bits per heavy atom. The number of nitriles is 1. The van der Waals surface area contributed by atoms with Gasteiger partial charge in [0.1, 0.15) is 0 Å². The van der Waals surface area contributed by atoms with E-state index in [1.807, 2.05) is 42.5 Å². The van der Waals surface area contributed by atoms with Crippen LogP contribution in [0.1, 0.15) is 23.1 Å². The number of benzene rings is 2. The van der Waals surface area contributed by atoms with Gasteiger partial charge in [-0.1, -0.05) is 42.5 Å². The summed E-state index contributed by atoms with van der Waals surface area (Å²) in [6.07, 6.45) is 1.07. The SMILES string of the molecule is N#Cc1ccc(CNC(=O)C2CC(=O)N(CCc3ccccc3)C2)cc1. The van der Waals surface area contributed by atoms with Crippen LogP contribution in [0.4, 0.5) is 0 Å². The number of rotatable bonds is 6. The maximum atomic E-state index is 12.4. The van der Waals surface area contributed by atoms with Crippen molar-refractivity contribution in [1.82, 2.24) is 10.2 Å². The van der Waals surface area contributed by atoms with Crippen LogP contribution in [0.15, 0.2) is 54.6 Å². The molecule has 5 heteroatoms. The Morgan fingerprint density at radius 3 is 2.54 bits per heavy atom. The molecule has 1 fully saturated rings. The van der Waals surface area contributed by atoms with E-state index in [1.54, 1.807) is 17.0 Å². The van der Waals surface area contributed by atoms with E-state index in [9.17, 15) is 9.59 Å². The van der Waals surface area contributed by atoms with E-state index in [2.05, 4.69) is 11.4 Å². The molecule has 2 aromatic carbocycles. The third-order valence-electron chi connectivity index (χ3n) is 4.65. The van der Waals surface area contributed by atoms with Gasteiger partial charge >= 0.3 is 0 Å². The van der Waals surface area contributed by atoms with Crippen LogP contribution in [0, 0.1) is 17.2 Å². The van der Waals surface area contributed by atoms with Gasteiger partial charge in [-0.25, -0.2) is 0 Å². The Hall–Kier alpha value is -3.13. The minimum absolute atomic E-state index is 0.0412. The third kappa shape index (κ3) is 4.48. The molecule has 5 nitrogen and oxygen atoms in total. The van der Waals surface area contributed by atoms with Gasteiger partial charge in [-0.3, -0.25) is 9.59 Å². The Labute approximate surface area is 153 Å². The standard InChI is InChI=1S/C21H21N3O2/c22-13-17-6-8-18(9-7-17)14-23-21(26)19-12-20(25)24(15-19)11-10-16-4-2-1-3-5-16/h1-9,19H,10-12,14-15H2,(H,23,26). The van der Waals surface area contributed by atoms with E-state index in [1.165, 1.54) is 5.56 Å². The van der Waals surface area contributed by atoms with E-state index < -0.39 is 0 Å². The molecule has 0 aliphatic carbocycles. The van der Waals surface area contributed by atoms with Crippen molar-refractivity contribution in [3.05, 3.63) is 71.3 Å². The summed E-state index contributed by atoms with van der Waals surface area (Å²) in [5.41, 5.74) is 2.71. The predicted molar refractivity (Wildman–Crippen MR) is 97.8 cm³/mol. The Kier molecular flexibility index (Phi) is 5.65. The largest absolute Gasteiger partial charge is 0.352 e. The van der Waals surface area contributed by atoms with E-state index in [4.69, 9.17) is 5.26 Å². The first-order valence-corrected chi connectivity index (χ1v) is 8.74. The smallest absolute Gasteiger partial charge is 0.225 e. The first-order chi connectivity index (χ1) is 12.7. The molecule has 2 amide bonds. The van der Waals surface area contributed by atoms with E-state index in [0.717, 1.165) is 12.0 Å². The molecule has 3 rings (SSSR count). The number of nitrogens with zero attached hydrogens (tertiary/aromatic N) is 2. The van der Waals surface area contributed by atoms with Gasteiger partial charge in [0.2, 0.25) is 11.8 Å². The zero-order chi connectivity index (χ0) is 18.4. The quantitative estimate of drug-likeness (QED) is 0.871. The van der Waals surface area contributed by atoms with Crippen LogP contribution in [-0.2, 0) is 22.6 Å². The summed E-state index contributed by atoms with van der Waals surface area (Å²) in [5.74, 6) is -0.346. The summed E-state index contributed by atoms with van der Waals surface area (Å²) in [6, 6.07) is 19.2. The summed E-state index contributed by atoms with van der Waals surface area (Å²) in [7, 11) is 0. The Morgan fingerprint density at radius 2 is 1.85 bits per heavy atom. The number of likely N-dealkylation sites (tertiary alicyclic amines) is 1. The van der Waals surface area contributed by atoms with Crippen LogP contribution in [0.3, 0.4) is 0 Å². The van der Waals surface area contributed by atoms with Gasteiger partial charge in [0, 0.05) is 26.1 Å². The topological polar surface area (TPSA) is 73.2 Å². The molecule has 1 heterocycles. The molecule has 2 aromatic rings. The van der Waals surface area contributed by atoms with Crippen LogP contribution in [-0.4, -0.2) is 29.8 Å². The molecule has 0 aromatic heterocycles. The highest BCUT2D eigenvalue weighted by molar-refractivity contribution is 5.89. The molecule has 0 bridgehead atoms. The first kappa shape index (κ1) is 17.7. The Balaban J connectivity index is 1.47. The fourth-order valence-corrected chi connectivity index (χ4v) is 3.10. The van der Waals surface area contributed by atoms with Gasteiger partial charge in [-0.2, -0.15) is 5.26 Å². The average Bonchev–Trinajstić information content (AvgIpc) is 3.06. The molecule has 1 aliphatic heterocycles. The number of hydrogen-bond donors (Lipinski definition) is 1. The first-order valence-electron chi connectivity index (χ1n) is 8.74. The number of carbonyl (C=O) groups excluding carboxylic acids is 2. The van der Waals surface area contributed by atoms with Gasteiger partial charge in [-0.05, 0) is 29.7 Å². The van der Waals surface area contributed by atoms with Crippen molar-refractivity contribution < 1.29 is 9.59 Å². The molecular formula is C21H21N3O2. The van der Waals surface area contributed by atoms with Crippen molar-refractivity contribution >= 4 is 11.8 Å². The van der Waals surface area contributed by atoms with Crippen LogP contribution < -0.4 is 5.32 Å².